The fraction of sp³-hybridized carbons (Fsp3) is 0.150. The van der Waals surface area contributed by atoms with Gasteiger partial charge in [-0.25, -0.2) is 0 Å². The van der Waals surface area contributed by atoms with E-state index in [9.17, 15) is 4.79 Å². The van der Waals surface area contributed by atoms with E-state index >= 15 is 0 Å². The molecule has 0 saturated carbocycles. The molecule has 5 heteroatoms. The molecule has 0 atom stereocenters. The summed E-state index contributed by atoms with van der Waals surface area (Å²) >= 11 is 0. The number of benzene rings is 1. The average molecular weight is 333 g/mol. The molecule has 0 spiro atoms. The minimum Gasteiger partial charge on any atom is -0.497 e. The number of nitrogens with zero attached hydrogens (tertiary/aromatic N) is 2. The summed E-state index contributed by atoms with van der Waals surface area (Å²) in [6.07, 6.45) is 4.03. The summed E-state index contributed by atoms with van der Waals surface area (Å²) in [5.41, 5.74) is 3.18. The van der Waals surface area contributed by atoms with Crippen LogP contribution in [0.25, 0.3) is 11.4 Å². The zero-order chi connectivity index (χ0) is 17.5. The molecule has 0 bridgehead atoms. The van der Waals surface area contributed by atoms with E-state index in [1.54, 1.807) is 31.6 Å². The van der Waals surface area contributed by atoms with Gasteiger partial charge in [-0.15, -0.1) is 0 Å². The number of hydrogen-bond donors (Lipinski definition) is 1. The standard InChI is InChI=1S/C20H19N3O2/c1-25-17-6-4-5-15(13-17)10-12-22-20(24)16-8-9-19(23-14-16)18-7-2-3-11-21-18/h2-9,11,13-14H,10,12H2,1H3,(H,22,24). The maximum atomic E-state index is 12.2. The number of methoxy groups -OCH3 is 1. The summed E-state index contributed by atoms with van der Waals surface area (Å²) in [5, 5.41) is 2.91. The second kappa shape index (κ2) is 8.06. The van der Waals surface area contributed by atoms with E-state index in [0.29, 0.717) is 12.1 Å². The third kappa shape index (κ3) is 4.41. The highest BCUT2D eigenvalue weighted by Gasteiger charge is 2.07. The lowest BCUT2D eigenvalue weighted by atomic mass is 10.1. The Morgan fingerprint density at radius 3 is 2.64 bits per heavy atom. The van der Waals surface area contributed by atoms with Crippen LogP contribution in [-0.2, 0) is 6.42 Å². The SMILES string of the molecule is COc1cccc(CCNC(=O)c2ccc(-c3ccccn3)nc2)c1. The van der Waals surface area contributed by atoms with Gasteiger partial charge in [0.2, 0.25) is 0 Å². The van der Waals surface area contributed by atoms with Gasteiger partial charge < -0.3 is 10.1 Å². The highest BCUT2D eigenvalue weighted by Crippen LogP contribution is 2.14. The Labute approximate surface area is 146 Å². The molecule has 126 valence electrons. The molecule has 2 aromatic heterocycles. The monoisotopic (exact) mass is 333 g/mol. The second-order valence-electron chi connectivity index (χ2n) is 5.50. The molecule has 0 unspecified atom stereocenters. The van der Waals surface area contributed by atoms with E-state index in [0.717, 1.165) is 29.1 Å². The maximum Gasteiger partial charge on any atom is 0.252 e. The van der Waals surface area contributed by atoms with Gasteiger partial charge in [-0.05, 0) is 48.4 Å². The van der Waals surface area contributed by atoms with E-state index in [1.807, 2.05) is 42.5 Å². The summed E-state index contributed by atoms with van der Waals surface area (Å²) in [6.45, 7) is 0.550. The number of rotatable bonds is 6. The van der Waals surface area contributed by atoms with E-state index in [-0.39, 0.29) is 5.91 Å². The van der Waals surface area contributed by atoms with Crippen molar-refractivity contribution in [1.82, 2.24) is 15.3 Å². The van der Waals surface area contributed by atoms with Gasteiger partial charge in [-0.3, -0.25) is 14.8 Å². The van der Waals surface area contributed by atoms with E-state index < -0.39 is 0 Å². The first kappa shape index (κ1) is 16.6. The van der Waals surface area contributed by atoms with Gasteiger partial charge in [0.15, 0.2) is 0 Å². The molecule has 1 N–H and O–H groups in total. The second-order valence-corrected chi connectivity index (χ2v) is 5.50. The van der Waals surface area contributed by atoms with E-state index in [4.69, 9.17) is 4.74 Å². The summed E-state index contributed by atoms with van der Waals surface area (Å²) < 4.78 is 5.20. The Bertz CT molecular complexity index is 833. The van der Waals surface area contributed by atoms with Crippen molar-refractivity contribution in [2.75, 3.05) is 13.7 Å². The zero-order valence-electron chi connectivity index (χ0n) is 14.0. The van der Waals surface area contributed by atoms with Crippen molar-refractivity contribution in [3.8, 4) is 17.1 Å². The largest absolute Gasteiger partial charge is 0.497 e. The first-order chi connectivity index (χ1) is 12.3. The molecule has 0 aliphatic carbocycles. The molecule has 0 aliphatic heterocycles. The Morgan fingerprint density at radius 1 is 1.04 bits per heavy atom. The number of nitrogens with one attached hydrogen (secondary N) is 1. The van der Waals surface area contributed by atoms with Crippen molar-refractivity contribution in [2.24, 2.45) is 0 Å². The number of ether oxygens (including phenoxy) is 1. The molecule has 2 heterocycles. The smallest absolute Gasteiger partial charge is 0.252 e. The van der Waals surface area contributed by atoms with Gasteiger partial charge in [-0.1, -0.05) is 18.2 Å². The molecule has 0 radical (unpaired) electrons. The first-order valence-corrected chi connectivity index (χ1v) is 8.05. The number of aromatic nitrogens is 2. The van der Waals surface area contributed by atoms with Crippen LogP contribution in [0, 0.1) is 0 Å². The third-order valence-electron chi connectivity index (χ3n) is 3.79. The van der Waals surface area contributed by atoms with Crippen molar-refractivity contribution >= 4 is 5.91 Å². The molecule has 5 nitrogen and oxygen atoms in total. The van der Waals surface area contributed by atoms with Crippen LogP contribution in [0.4, 0.5) is 0 Å². The van der Waals surface area contributed by atoms with Crippen molar-refractivity contribution in [1.29, 1.82) is 0 Å². The van der Waals surface area contributed by atoms with Crippen LogP contribution in [0.1, 0.15) is 15.9 Å². The van der Waals surface area contributed by atoms with Gasteiger partial charge in [0.25, 0.3) is 5.91 Å². The van der Waals surface area contributed by atoms with Crippen molar-refractivity contribution < 1.29 is 9.53 Å². The number of carbonyl (C=O) groups excluding carboxylic acids is 1. The van der Waals surface area contributed by atoms with Crippen LogP contribution >= 0.6 is 0 Å². The predicted molar refractivity (Wildman–Crippen MR) is 96.5 cm³/mol. The van der Waals surface area contributed by atoms with Crippen LogP contribution in [-0.4, -0.2) is 29.5 Å². The fourth-order valence-electron chi connectivity index (χ4n) is 2.44. The molecule has 0 saturated heterocycles. The lowest BCUT2D eigenvalue weighted by molar-refractivity contribution is 0.0954. The fourth-order valence-corrected chi connectivity index (χ4v) is 2.44. The summed E-state index contributed by atoms with van der Waals surface area (Å²) in [5.74, 6) is 0.682. The van der Waals surface area contributed by atoms with Gasteiger partial charge in [0, 0.05) is 18.9 Å². The summed E-state index contributed by atoms with van der Waals surface area (Å²) in [7, 11) is 1.64. The van der Waals surface area contributed by atoms with E-state index in [2.05, 4.69) is 15.3 Å². The van der Waals surface area contributed by atoms with Crippen LogP contribution in [0.2, 0.25) is 0 Å². The highest BCUT2D eigenvalue weighted by molar-refractivity contribution is 5.94. The summed E-state index contributed by atoms with van der Waals surface area (Å²) in [4.78, 5) is 20.8. The minimum absolute atomic E-state index is 0.136. The van der Waals surface area contributed by atoms with Gasteiger partial charge in [-0.2, -0.15) is 0 Å². The Balaban J connectivity index is 1.56. The molecule has 3 aromatic rings. The van der Waals surface area contributed by atoms with Gasteiger partial charge in [0.05, 0.1) is 24.1 Å². The molecule has 0 aliphatic rings. The average Bonchev–Trinajstić information content (AvgIpc) is 2.69. The molecular weight excluding hydrogens is 314 g/mol. The number of hydrogen-bond acceptors (Lipinski definition) is 4. The predicted octanol–water partition coefficient (Wildman–Crippen LogP) is 3.12. The van der Waals surface area contributed by atoms with Gasteiger partial charge >= 0.3 is 0 Å². The molecule has 1 amide bonds. The Hall–Kier alpha value is -3.21. The molecule has 1 aromatic carbocycles. The number of amides is 1. The normalized spacial score (nSPS) is 10.3. The molecular formula is C20H19N3O2. The van der Waals surface area contributed by atoms with Crippen LogP contribution < -0.4 is 10.1 Å². The van der Waals surface area contributed by atoms with Crippen LogP contribution in [0.5, 0.6) is 5.75 Å². The highest BCUT2D eigenvalue weighted by atomic mass is 16.5. The lowest BCUT2D eigenvalue weighted by Crippen LogP contribution is -2.25. The third-order valence-corrected chi connectivity index (χ3v) is 3.79. The first-order valence-electron chi connectivity index (χ1n) is 8.05. The van der Waals surface area contributed by atoms with Crippen molar-refractivity contribution in [2.45, 2.75) is 6.42 Å². The lowest BCUT2D eigenvalue weighted by Gasteiger charge is -2.07. The van der Waals surface area contributed by atoms with E-state index in [1.165, 1.54) is 0 Å². The number of carbonyl (C=O) groups is 1. The van der Waals surface area contributed by atoms with Crippen molar-refractivity contribution in [3.05, 3.63) is 78.1 Å². The van der Waals surface area contributed by atoms with Crippen LogP contribution in [0.15, 0.2) is 67.0 Å². The molecule has 0 fully saturated rings. The van der Waals surface area contributed by atoms with Crippen LogP contribution in [0.3, 0.4) is 0 Å². The quantitative estimate of drug-likeness (QED) is 0.753. The number of pyridine rings is 2. The zero-order valence-corrected chi connectivity index (χ0v) is 14.0. The van der Waals surface area contributed by atoms with Crippen molar-refractivity contribution in [3.63, 3.8) is 0 Å². The molecule has 25 heavy (non-hydrogen) atoms. The summed E-state index contributed by atoms with van der Waals surface area (Å²) in [6, 6.07) is 17.0. The topological polar surface area (TPSA) is 64.1 Å². The molecule has 3 rings (SSSR count). The Morgan fingerprint density at radius 2 is 1.92 bits per heavy atom. The maximum absolute atomic E-state index is 12.2. The minimum atomic E-state index is -0.136. The van der Waals surface area contributed by atoms with Gasteiger partial charge in [0.1, 0.15) is 5.75 Å². The Kier molecular flexibility index (Phi) is 5.36.